The average Bonchev–Trinajstić information content (AvgIpc) is 2.34. The normalized spacial score (nSPS) is 25.4. The van der Waals surface area contributed by atoms with Crippen LogP contribution in [-0.4, -0.2) is 44.2 Å². The molecule has 0 bridgehead atoms. The summed E-state index contributed by atoms with van der Waals surface area (Å²) in [6.45, 7) is 1.19. The molecule has 1 saturated carbocycles. The van der Waals surface area contributed by atoms with Crippen LogP contribution >= 0.6 is 0 Å². The van der Waals surface area contributed by atoms with Gasteiger partial charge in [-0.3, -0.25) is 4.79 Å². The van der Waals surface area contributed by atoms with Gasteiger partial charge >= 0.3 is 0 Å². The molecule has 0 radical (unpaired) electrons. The molecule has 1 aliphatic rings. The van der Waals surface area contributed by atoms with Crippen LogP contribution in [0.1, 0.15) is 32.1 Å². The van der Waals surface area contributed by atoms with Crippen molar-refractivity contribution >= 4 is 5.91 Å². The topological polar surface area (TPSA) is 55.6 Å². The summed E-state index contributed by atoms with van der Waals surface area (Å²) in [5.74, 6) is 0.650. The maximum Gasteiger partial charge on any atom is 0.224 e. The van der Waals surface area contributed by atoms with Crippen molar-refractivity contribution in [2.75, 3.05) is 27.3 Å². The molecular weight excluding hydrogens is 204 g/mol. The van der Waals surface area contributed by atoms with Crippen molar-refractivity contribution in [3.8, 4) is 0 Å². The van der Waals surface area contributed by atoms with Crippen LogP contribution in [0.15, 0.2) is 0 Å². The van der Waals surface area contributed by atoms with Crippen molar-refractivity contribution < 1.29 is 9.53 Å². The van der Waals surface area contributed by atoms with Crippen molar-refractivity contribution in [1.29, 1.82) is 0 Å². The molecule has 94 valence electrons. The van der Waals surface area contributed by atoms with Crippen LogP contribution < -0.4 is 5.73 Å². The van der Waals surface area contributed by atoms with Crippen molar-refractivity contribution in [3.63, 3.8) is 0 Å². The van der Waals surface area contributed by atoms with Crippen molar-refractivity contribution in [3.05, 3.63) is 0 Å². The van der Waals surface area contributed by atoms with E-state index in [4.69, 9.17) is 10.5 Å². The predicted octanol–water partition coefficient (Wildman–Crippen LogP) is 0.999. The van der Waals surface area contributed by atoms with Gasteiger partial charge in [-0.05, 0) is 25.3 Å². The Hall–Kier alpha value is -0.610. The van der Waals surface area contributed by atoms with E-state index in [0.29, 0.717) is 31.5 Å². The number of nitrogens with two attached hydrogens (primary N) is 1. The van der Waals surface area contributed by atoms with E-state index in [0.717, 1.165) is 12.8 Å². The zero-order chi connectivity index (χ0) is 12.0. The molecule has 1 aliphatic carbocycles. The maximum absolute atomic E-state index is 11.9. The van der Waals surface area contributed by atoms with Crippen LogP contribution in [0.2, 0.25) is 0 Å². The third-order valence-corrected chi connectivity index (χ3v) is 3.58. The van der Waals surface area contributed by atoms with E-state index in [9.17, 15) is 4.79 Å². The summed E-state index contributed by atoms with van der Waals surface area (Å²) in [4.78, 5) is 13.8. The Morgan fingerprint density at radius 1 is 1.44 bits per heavy atom. The monoisotopic (exact) mass is 228 g/mol. The second-order valence-corrected chi connectivity index (χ2v) is 4.60. The molecule has 0 saturated heterocycles. The van der Waals surface area contributed by atoms with E-state index in [1.165, 1.54) is 12.8 Å². The number of carbonyl (C=O) groups excluding carboxylic acids is 1. The summed E-state index contributed by atoms with van der Waals surface area (Å²) in [5, 5.41) is 0. The van der Waals surface area contributed by atoms with Crippen molar-refractivity contribution in [2.24, 2.45) is 11.7 Å². The molecule has 0 heterocycles. The first-order chi connectivity index (χ1) is 7.70. The highest BCUT2D eigenvalue weighted by Gasteiger charge is 2.29. The number of nitrogens with zero attached hydrogens (tertiary/aromatic N) is 1. The molecule has 0 spiro atoms. The minimum atomic E-state index is 0.173. The van der Waals surface area contributed by atoms with Gasteiger partial charge in [0.25, 0.3) is 0 Å². The summed E-state index contributed by atoms with van der Waals surface area (Å²) >= 11 is 0. The van der Waals surface area contributed by atoms with Crippen molar-refractivity contribution in [2.45, 2.75) is 38.1 Å². The third kappa shape index (κ3) is 3.46. The Labute approximate surface area is 98.1 Å². The van der Waals surface area contributed by atoms with Gasteiger partial charge < -0.3 is 15.4 Å². The Bertz CT molecular complexity index is 221. The smallest absolute Gasteiger partial charge is 0.224 e. The third-order valence-electron chi connectivity index (χ3n) is 3.58. The van der Waals surface area contributed by atoms with E-state index >= 15 is 0 Å². The van der Waals surface area contributed by atoms with Crippen LogP contribution in [0.4, 0.5) is 0 Å². The van der Waals surface area contributed by atoms with E-state index in [1.54, 1.807) is 7.11 Å². The summed E-state index contributed by atoms with van der Waals surface area (Å²) < 4.78 is 4.93. The highest BCUT2D eigenvalue weighted by atomic mass is 16.5. The van der Waals surface area contributed by atoms with Gasteiger partial charge in [0.2, 0.25) is 5.91 Å². The van der Waals surface area contributed by atoms with Gasteiger partial charge in [-0.2, -0.15) is 0 Å². The molecule has 0 aliphatic heterocycles. The summed E-state index contributed by atoms with van der Waals surface area (Å²) in [5.41, 5.74) is 5.77. The van der Waals surface area contributed by atoms with Gasteiger partial charge in [0.05, 0.1) is 13.0 Å². The van der Waals surface area contributed by atoms with Crippen LogP contribution in [0.25, 0.3) is 0 Å². The van der Waals surface area contributed by atoms with Gasteiger partial charge in [0, 0.05) is 20.2 Å². The number of hydrogen-bond acceptors (Lipinski definition) is 3. The quantitative estimate of drug-likeness (QED) is 0.763. The van der Waals surface area contributed by atoms with Gasteiger partial charge in [0.15, 0.2) is 0 Å². The molecule has 0 aromatic heterocycles. The Morgan fingerprint density at radius 2 is 2.12 bits per heavy atom. The minimum absolute atomic E-state index is 0.173. The summed E-state index contributed by atoms with van der Waals surface area (Å²) in [6.07, 6.45) is 5.18. The summed E-state index contributed by atoms with van der Waals surface area (Å²) in [6, 6.07) is 0.336. The maximum atomic E-state index is 11.9. The molecule has 1 fully saturated rings. The average molecular weight is 228 g/mol. The lowest BCUT2D eigenvalue weighted by Gasteiger charge is -2.37. The first-order valence-corrected chi connectivity index (χ1v) is 6.15. The van der Waals surface area contributed by atoms with Crippen LogP contribution in [-0.2, 0) is 9.53 Å². The molecule has 2 N–H and O–H groups in total. The SMILES string of the molecule is COCCC(=O)N(C)C1CCCCC1CN. The Balaban J connectivity index is 2.49. The van der Waals surface area contributed by atoms with E-state index < -0.39 is 0 Å². The van der Waals surface area contributed by atoms with Gasteiger partial charge in [-0.25, -0.2) is 0 Å². The second kappa shape index (κ2) is 6.86. The van der Waals surface area contributed by atoms with Gasteiger partial charge in [-0.15, -0.1) is 0 Å². The van der Waals surface area contributed by atoms with Gasteiger partial charge in [-0.1, -0.05) is 12.8 Å². The number of ether oxygens (including phenoxy) is 1. The number of rotatable bonds is 5. The zero-order valence-electron chi connectivity index (χ0n) is 10.4. The zero-order valence-corrected chi connectivity index (χ0v) is 10.4. The fourth-order valence-electron chi connectivity index (χ4n) is 2.52. The van der Waals surface area contributed by atoms with E-state index in [2.05, 4.69) is 0 Å². The predicted molar refractivity (Wildman–Crippen MR) is 64.1 cm³/mol. The fourth-order valence-corrected chi connectivity index (χ4v) is 2.52. The molecule has 0 aromatic rings. The molecule has 4 nitrogen and oxygen atoms in total. The standard InChI is InChI=1S/C12H24N2O2/c1-14(12(15)7-8-16-2)11-6-4-3-5-10(11)9-13/h10-11H,3-9,13H2,1-2H3. The van der Waals surface area contributed by atoms with E-state index in [1.807, 2.05) is 11.9 Å². The minimum Gasteiger partial charge on any atom is -0.384 e. The lowest BCUT2D eigenvalue weighted by molar-refractivity contribution is -0.134. The van der Waals surface area contributed by atoms with Gasteiger partial charge in [0.1, 0.15) is 0 Å². The first kappa shape index (κ1) is 13.5. The first-order valence-electron chi connectivity index (χ1n) is 6.15. The molecule has 16 heavy (non-hydrogen) atoms. The number of carbonyl (C=O) groups is 1. The highest BCUT2D eigenvalue weighted by Crippen LogP contribution is 2.27. The summed E-state index contributed by atoms with van der Waals surface area (Å²) in [7, 11) is 3.52. The number of hydrogen-bond donors (Lipinski definition) is 1. The highest BCUT2D eigenvalue weighted by molar-refractivity contribution is 5.76. The van der Waals surface area contributed by atoms with Crippen molar-refractivity contribution in [1.82, 2.24) is 4.90 Å². The fraction of sp³-hybridized carbons (Fsp3) is 0.917. The van der Waals surface area contributed by atoms with Crippen LogP contribution in [0, 0.1) is 5.92 Å². The molecule has 4 heteroatoms. The van der Waals surface area contributed by atoms with E-state index in [-0.39, 0.29) is 5.91 Å². The lowest BCUT2D eigenvalue weighted by atomic mass is 9.83. The number of methoxy groups -OCH3 is 1. The Kier molecular flexibility index (Phi) is 5.77. The molecule has 1 rings (SSSR count). The molecule has 1 amide bonds. The van der Waals surface area contributed by atoms with Crippen LogP contribution in [0.5, 0.6) is 0 Å². The molecule has 0 aromatic carbocycles. The molecule has 2 unspecified atom stereocenters. The van der Waals surface area contributed by atoms with Crippen LogP contribution in [0.3, 0.4) is 0 Å². The lowest BCUT2D eigenvalue weighted by Crippen LogP contribution is -2.46. The largest absolute Gasteiger partial charge is 0.384 e. The second-order valence-electron chi connectivity index (χ2n) is 4.60. The number of amides is 1. The molecular formula is C12H24N2O2. The molecule has 2 atom stereocenters. The Morgan fingerprint density at radius 3 is 2.75 bits per heavy atom.